The number of nitrogens with zero attached hydrogens (tertiary/aromatic N) is 3. The first-order valence-electron chi connectivity index (χ1n) is 7.93. The van der Waals surface area contributed by atoms with E-state index in [1.54, 1.807) is 0 Å². The summed E-state index contributed by atoms with van der Waals surface area (Å²) in [6.07, 6.45) is -1.55. The third-order valence-electron chi connectivity index (χ3n) is 4.08. The molecule has 0 saturated heterocycles. The van der Waals surface area contributed by atoms with Crippen LogP contribution < -0.4 is 16.1 Å². The summed E-state index contributed by atoms with van der Waals surface area (Å²) < 4.78 is 0. The number of nitroso groups, excluding NO2 is 1. The van der Waals surface area contributed by atoms with E-state index in [1.165, 1.54) is 24.3 Å². The number of nitrogens with one attached hydrogen (secondary N) is 3. The zero-order valence-electron chi connectivity index (χ0n) is 14.4. The Kier molecular flexibility index (Phi) is 5.14. The van der Waals surface area contributed by atoms with Crippen LogP contribution in [0.3, 0.4) is 0 Å². The van der Waals surface area contributed by atoms with Gasteiger partial charge in [-0.25, -0.2) is 5.43 Å². The molecular weight excluding hydrogens is 388 g/mol. The molecule has 1 aliphatic rings. The lowest BCUT2D eigenvalue weighted by molar-refractivity contribution is -0.385. The number of non-ortho nitro benzene ring substituents is 2. The zero-order chi connectivity index (χ0) is 21.1. The maximum atomic E-state index is 12.4. The predicted octanol–water partition coefficient (Wildman–Crippen LogP) is 2.08. The third kappa shape index (κ3) is 3.84. The van der Waals surface area contributed by atoms with Crippen LogP contribution in [0, 0.1) is 25.1 Å². The van der Waals surface area contributed by atoms with Crippen LogP contribution in [0.15, 0.2) is 59.1 Å². The molecule has 3 rings (SSSR count). The van der Waals surface area contributed by atoms with Crippen LogP contribution in [0.1, 0.15) is 11.7 Å². The number of fused-ring (bicyclic) bond motifs is 1. The summed E-state index contributed by atoms with van der Waals surface area (Å²) in [5, 5.41) is 39.8. The van der Waals surface area contributed by atoms with E-state index in [2.05, 4.69) is 15.9 Å². The van der Waals surface area contributed by atoms with Crippen LogP contribution in [0.25, 0.3) is 0 Å². The molecule has 0 aromatic heterocycles. The summed E-state index contributed by atoms with van der Waals surface area (Å²) in [6, 6.07) is 8.52. The lowest BCUT2D eigenvalue weighted by Crippen LogP contribution is -2.31. The molecule has 2 aromatic carbocycles. The van der Waals surface area contributed by atoms with Crippen molar-refractivity contribution in [3.05, 3.63) is 84.6 Å². The van der Waals surface area contributed by atoms with Crippen LogP contribution >= 0.6 is 0 Å². The maximum Gasteiger partial charge on any atom is 0.274 e. The first-order valence-corrected chi connectivity index (χ1v) is 7.93. The lowest BCUT2D eigenvalue weighted by atomic mass is 10.0. The standard InChI is InChI=1S/C16H12N6O7/c23-15(8-1-3-9(4-2-8)21(26)27)13(19-20-25)14-16(24)18-12-7-10(22(28)29)5-6-11(12)17-14/h1-7,15,17,23H,(H,18,24)(H,19,25). The van der Waals surface area contributed by atoms with Gasteiger partial charge >= 0.3 is 0 Å². The van der Waals surface area contributed by atoms with Gasteiger partial charge in [-0.1, -0.05) is 0 Å². The summed E-state index contributed by atoms with van der Waals surface area (Å²) >= 11 is 0. The van der Waals surface area contributed by atoms with Gasteiger partial charge in [0.1, 0.15) is 11.8 Å². The van der Waals surface area contributed by atoms with Crippen molar-refractivity contribution >= 4 is 28.7 Å². The Morgan fingerprint density at radius 1 is 1.00 bits per heavy atom. The number of hydrogen-bond donors (Lipinski definition) is 4. The number of amides is 1. The Hall–Kier alpha value is -4.39. The fourth-order valence-corrected chi connectivity index (χ4v) is 2.67. The average Bonchev–Trinajstić information content (AvgIpc) is 2.70. The zero-order valence-corrected chi connectivity index (χ0v) is 14.4. The van der Waals surface area contributed by atoms with Gasteiger partial charge in [-0.2, -0.15) is 0 Å². The highest BCUT2D eigenvalue weighted by atomic mass is 16.6. The summed E-state index contributed by atoms with van der Waals surface area (Å²) in [4.78, 5) is 43.6. The van der Waals surface area contributed by atoms with Crippen molar-refractivity contribution in [1.82, 2.24) is 5.43 Å². The van der Waals surface area contributed by atoms with Crippen molar-refractivity contribution in [3.8, 4) is 0 Å². The molecule has 1 amide bonds. The molecule has 0 fully saturated rings. The van der Waals surface area contributed by atoms with E-state index in [-0.39, 0.29) is 39.7 Å². The Bertz CT molecular complexity index is 1050. The van der Waals surface area contributed by atoms with Gasteiger partial charge in [0.05, 0.1) is 32.2 Å². The van der Waals surface area contributed by atoms with Gasteiger partial charge in [-0.15, -0.1) is 4.91 Å². The number of aliphatic hydroxyl groups excluding tert-OH is 1. The van der Waals surface area contributed by atoms with E-state index in [9.17, 15) is 35.0 Å². The molecule has 29 heavy (non-hydrogen) atoms. The molecule has 13 nitrogen and oxygen atoms in total. The van der Waals surface area contributed by atoms with E-state index >= 15 is 0 Å². The molecule has 148 valence electrons. The van der Waals surface area contributed by atoms with Crippen LogP contribution in [0.5, 0.6) is 0 Å². The van der Waals surface area contributed by atoms with Gasteiger partial charge in [-0.05, 0) is 23.8 Å². The highest BCUT2D eigenvalue weighted by molar-refractivity contribution is 6.11. The second-order valence-corrected chi connectivity index (χ2v) is 5.81. The minimum Gasteiger partial charge on any atom is -0.382 e. The van der Waals surface area contributed by atoms with Crippen molar-refractivity contribution in [1.29, 1.82) is 0 Å². The number of aliphatic hydroxyl groups is 1. The predicted molar refractivity (Wildman–Crippen MR) is 99.4 cm³/mol. The second-order valence-electron chi connectivity index (χ2n) is 5.81. The minimum absolute atomic E-state index is 0.135. The SMILES string of the molecule is O=NNC(=C1Nc2ccc([N+](=O)[O-])cc2NC1=O)C(O)c1ccc([N+](=O)[O-])cc1. The smallest absolute Gasteiger partial charge is 0.274 e. The molecule has 2 aromatic rings. The first-order chi connectivity index (χ1) is 13.8. The molecule has 0 spiro atoms. The molecule has 1 heterocycles. The Balaban J connectivity index is 2.00. The van der Waals surface area contributed by atoms with Gasteiger partial charge in [0.15, 0.2) is 0 Å². The van der Waals surface area contributed by atoms with Gasteiger partial charge in [0.2, 0.25) is 0 Å². The number of nitro groups is 2. The van der Waals surface area contributed by atoms with E-state index < -0.39 is 21.9 Å². The molecule has 1 unspecified atom stereocenters. The van der Waals surface area contributed by atoms with Gasteiger partial charge < -0.3 is 15.7 Å². The highest BCUT2D eigenvalue weighted by Crippen LogP contribution is 2.34. The van der Waals surface area contributed by atoms with Crippen LogP contribution in [-0.4, -0.2) is 20.9 Å². The van der Waals surface area contributed by atoms with E-state index in [0.29, 0.717) is 0 Å². The fourth-order valence-electron chi connectivity index (χ4n) is 2.67. The molecule has 0 radical (unpaired) electrons. The second kappa shape index (κ2) is 7.69. The minimum atomic E-state index is -1.55. The molecule has 13 heteroatoms. The fraction of sp³-hybridized carbons (Fsp3) is 0.0625. The van der Waals surface area contributed by atoms with Gasteiger partial charge in [0, 0.05) is 24.3 Å². The maximum absolute atomic E-state index is 12.4. The quantitative estimate of drug-likeness (QED) is 0.243. The normalized spacial score (nSPS) is 15.3. The van der Waals surface area contributed by atoms with Crippen LogP contribution in [0.2, 0.25) is 0 Å². The largest absolute Gasteiger partial charge is 0.382 e. The van der Waals surface area contributed by atoms with Crippen molar-refractivity contribution in [3.63, 3.8) is 0 Å². The number of carbonyl (C=O) groups is 1. The molecule has 1 aliphatic heterocycles. The number of anilines is 2. The number of carbonyl (C=O) groups excluding carboxylic acids is 1. The van der Waals surface area contributed by atoms with Crippen molar-refractivity contribution < 1.29 is 19.7 Å². The highest BCUT2D eigenvalue weighted by Gasteiger charge is 2.29. The van der Waals surface area contributed by atoms with Crippen molar-refractivity contribution in [2.75, 3.05) is 10.6 Å². The van der Waals surface area contributed by atoms with Crippen LogP contribution in [0.4, 0.5) is 22.7 Å². The monoisotopic (exact) mass is 400 g/mol. The summed E-state index contributed by atoms with van der Waals surface area (Å²) in [7, 11) is 0. The molecule has 0 aliphatic carbocycles. The third-order valence-corrected chi connectivity index (χ3v) is 4.08. The van der Waals surface area contributed by atoms with E-state index in [1.807, 2.05) is 5.43 Å². The topological polar surface area (TPSA) is 189 Å². The number of rotatable bonds is 6. The van der Waals surface area contributed by atoms with E-state index in [4.69, 9.17) is 0 Å². The van der Waals surface area contributed by atoms with Crippen molar-refractivity contribution in [2.45, 2.75) is 6.10 Å². The Morgan fingerprint density at radius 2 is 1.62 bits per heavy atom. The van der Waals surface area contributed by atoms with Crippen molar-refractivity contribution in [2.24, 2.45) is 5.29 Å². The Labute approximate surface area is 161 Å². The molecule has 0 saturated carbocycles. The molecule has 4 N–H and O–H groups in total. The number of hydrogen-bond acceptors (Lipinski definition) is 9. The number of benzene rings is 2. The van der Waals surface area contributed by atoms with E-state index in [0.717, 1.165) is 18.2 Å². The average molecular weight is 400 g/mol. The summed E-state index contributed by atoms with van der Waals surface area (Å²) in [5.74, 6) is -0.787. The summed E-state index contributed by atoms with van der Waals surface area (Å²) in [6.45, 7) is 0. The summed E-state index contributed by atoms with van der Waals surface area (Å²) in [5.41, 5.74) is 1.57. The molecule has 1 atom stereocenters. The lowest BCUT2D eigenvalue weighted by Gasteiger charge is -2.24. The molecular formula is C16H12N6O7. The van der Waals surface area contributed by atoms with Crippen LogP contribution in [-0.2, 0) is 4.79 Å². The van der Waals surface area contributed by atoms with Gasteiger partial charge in [-0.3, -0.25) is 25.0 Å². The molecule has 0 bridgehead atoms. The number of nitro benzene ring substituents is 2. The van der Waals surface area contributed by atoms with Gasteiger partial charge in [0.25, 0.3) is 17.3 Å². The Morgan fingerprint density at radius 3 is 2.21 bits per heavy atom. The first kappa shape index (κ1) is 19.4.